The quantitative estimate of drug-likeness (QED) is 0.254. The number of nitrogen functional groups attached to an aromatic ring is 1. The Hall–Kier alpha value is -4.45. The predicted molar refractivity (Wildman–Crippen MR) is 152 cm³/mol. The van der Waals surface area contributed by atoms with Gasteiger partial charge in [-0.15, -0.1) is 23.3 Å². The van der Waals surface area contributed by atoms with Crippen LogP contribution in [0.4, 0.5) is 24.5 Å². The maximum Gasteiger partial charge on any atom is 0.573 e. The molecule has 0 bridgehead atoms. The maximum absolute atomic E-state index is 12.8. The van der Waals surface area contributed by atoms with Crippen LogP contribution in [0, 0.1) is 13.8 Å². The fraction of sp³-hybridized carbons (Fsp3) is 0.179. The summed E-state index contributed by atoms with van der Waals surface area (Å²) in [4.78, 5) is 21.4. The topological polar surface area (TPSA) is 107 Å². The summed E-state index contributed by atoms with van der Waals surface area (Å²) >= 11 is 1.49. The number of thioether (sulfide) groups is 1. The molecule has 0 saturated carbocycles. The number of aliphatic imine (C=N–C) groups is 1. The van der Waals surface area contributed by atoms with Crippen molar-refractivity contribution in [2.75, 3.05) is 10.7 Å². The largest absolute Gasteiger partial charge is 0.573 e. The molecule has 12 heteroatoms. The van der Waals surface area contributed by atoms with Crippen molar-refractivity contribution in [1.82, 2.24) is 0 Å². The molecule has 0 aromatic heterocycles. The number of hydrogen-bond acceptors (Lipinski definition) is 6. The van der Waals surface area contributed by atoms with Crippen LogP contribution in [0.15, 0.2) is 81.9 Å². The minimum atomic E-state index is -4.75. The first kappa shape index (κ1) is 28.6. The van der Waals surface area contributed by atoms with Gasteiger partial charge in [-0.3, -0.25) is 9.69 Å². The Morgan fingerprint density at radius 2 is 1.73 bits per heavy atom. The van der Waals surface area contributed by atoms with Crippen molar-refractivity contribution < 1.29 is 27.7 Å². The molecule has 1 aliphatic heterocycles. The Morgan fingerprint density at radius 3 is 2.38 bits per heavy atom. The molecule has 206 valence electrons. The zero-order valence-electron chi connectivity index (χ0n) is 21.6. The molecular formula is C28H26F3N6O2S+. The Morgan fingerprint density at radius 1 is 1.05 bits per heavy atom. The van der Waals surface area contributed by atoms with E-state index in [1.54, 1.807) is 23.2 Å². The first-order valence-electron chi connectivity index (χ1n) is 12.1. The van der Waals surface area contributed by atoms with Crippen LogP contribution in [-0.2, 0) is 4.79 Å². The number of benzene rings is 3. The normalized spacial score (nSPS) is 15.9. The van der Waals surface area contributed by atoms with E-state index in [1.165, 1.54) is 42.4 Å². The van der Waals surface area contributed by atoms with Gasteiger partial charge in [0.05, 0.1) is 11.9 Å². The van der Waals surface area contributed by atoms with E-state index in [4.69, 9.17) is 5.73 Å². The number of carbonyl (C=O) groups excluding carboxylic acids is 1. The van der Waals surface area contributed by atoms with Gasteiger partial charge in [0.1, 0.15) is 11.4 Å². The van der Waals surface area contributed by atoms with E-state index in [9.17, 15) is 18.0 Å². The second-order valence-electron chi connectivity index (χ2n) is 8.68. The second-order valence-corrected chi connectivity index (χ2v) is 9.74. The van der Waals surface area contributed by atoms with Crippen molar-refractivity contribution in [3.8, 4) is 5.75 Å². The summed E-state index contributed by atoms with van der Waals surface area (Å²) in [5.41, 5.74) is 10.8. The van der Waals surface area contributed by atoms with E-state index < -0.39 is 6.36 Å². The molecule has 40 heavy (non-hydrogen) atoms. The smallest absolute Gasteiger partial charge is 0.406 e. The molecule has 4 rings (SSSR count). The van der Waals surface area contributed by atoms with Gasteiger partial charge in [-0.05, 0) is 66.9 Å². The zero-order valence-corrected chi connectivity index (χ0v) is 22.5. The number of amides is 1. The summed E-state index contributed by atoms with van der Waals surface area (Å²) in [6.45, 7) is 3.93. The highest BCUT2D eigenvalue weighted by Gasteiger charge is 2.31. The number of nitrogens with one attached hydrogen (secondary N) is 1. The lowest BCUT2D eigenvalue weighted by Crippen LogP contribution is -2.74. The van der Waals surface area contributed by atoms with Gasteiger partial charge in [-0.25, -0.2) is 4.99 Å². The minimum Gasteiger partial charge on any atom is -0.406 e. The Labute approximate surface area is 233 Å². The molecule has 3 aromatic rings. The van der Waals surface area contributed by atoms with Crippen molar-refractivity contribution in [2.45, 2.75) is 26.6 Å². The van der Waals surface area contributed by atoms with Crippen LogP contribution in [0.3, 0.4) is 0 Å². The van der Waals surface area contributed by atoms with Crippen LogP contribution in [-0.4, -0.2) is 41.6 Å². The van der Waals surface area contributed by atoms with E-state index in [0.29, 0.717) is 34.4 Å². The van der Waals surface area contributed by atoms with E-state index in [0.717, 1.165) is 22.4 Å². The molecule has 1 aliphatic rings. The molecule has 0 aliphatic carbocycles. The highest BCUT2D eigenvalue weighted by atomic mass is 32.2. The SMILES string of the molecule is Cc1cccc(C)c1N1C(=O)CCS/C1=N\N=C\c1ccc(C(N)=[NH+]C=Nc2ccc(OC(F)(F)F)cc2)cc1. The number of halogens is 3. The minimum absolute atomic E-state index is 0.0102. The molecule has 1 fully saturated rings. The van der Waals surface area contributed by atoms with E-state index in [-0.39, 0.29) is 11.7 Å². The molecule has 1 heterocycles. The number of para-hydroxylation sites is 1. The van der Waals surface area contributed by atoms with E-state index in [1.807, 2.05) is 44.2 Å². The van der Waals surface area contributed by atoms with Crippen LogP contribution < -0.4 is 20.4 Å². The fourth-order valence-corrected chi connectivity index (χ4v) is 4.74. The van der Waals surface area contributed by atoms with Crippen molar-refractivity contribution >= 4 is 52.6 Å². The van der Waals surface area contributed by atoms with Gasteiger partial charge < -0.3 is 10.5 Å². The summed E-state index contributed by atoms with van der Waals surface area (Å²) in [5.74, 6) is 0.632. The standard InChI is InChI=1S/C28H25F3N6O2S/c1-18-4-3-5-19(2)25(18)37-24(38)14-15-40-27(37)36-35-16-20-6-8-21(9-7-20)26(32)34-17-33-22-10-12-23(13-11-22)39-28(29,30)31/h3-13,16-17H,14-15H2,1-2H3,(H2,32,33,34)/p+1/b35-16+,36-27-. The van der Waals surface area contributed by atoms with Crippen LogP contribution >= 0.6 is 11.8 Å². The van der Waals surface area contributed by atoms with E-state index in [2.05, 4.69) is 24.9 Å². The van der Waals surface area contributed by atoms with Gasteiger partial charge in [0, 0.05) is 17.7 Å². The summed E-state index contributed by atoms with van der Waals surface area (Å²) in [6, 6.07) is 18.2. The third-order valence-electron chi connectivity index (χ3n) is 5.73. The molecule has 0 atom stereocenters. The van der Waals surface area contributed by atoms with Crippen LogP contribution in [0.5, 0.6) is 5.75 Å². The Bertz CT molecular complexity index is 1460. The van der Waals surface area contributed by atoms with Crippen molar-refractivity contribution in [3.63, 3.8) is 0 Å². The van der Waals surface area contributed by atoms with E-state index >= 15 is 0 Å². The predicted octanol–water partition coefficient (Wildman–Crippen LogP) is 4.21. The fourth-order valence-electron chi connectivity index (χ4n) is 3.85. The first-order chi connectivity index (χ1) is 19.1. The maximum atomic E-state index is 12.8. The lowest BCUT2D eigenvalue weighted by Gasteiger charge is -2.29. The first-order valence-corrected chi connectivity index (χ1v) is 13.1. The lowest BCUT2D eigenvalue weighted by molar-refractivity contribution is -0.303. The van der Waals surface area contributed by atoms with Gasteiger partial charge in [-0.2, -0.15) is 5.10 Å². The summed E-state index contributed by atoms with van der Waals surface area (Å²) in [7, 11) is 0. The number of anilines is 1. The number of nitrogens with zero attached hydrogens (tertiary/aromatic N) is 4. The molecule has 1 saturated heterocycles. The average molecular weight is 568 g/mol. The Kier molecular flexibility index (Phi) is 9.00. The van der Waals surface area contributed by atoms with Crippen LogP contribution in [0.1, 0.15) is 28.7 Å². The van der Waals surface area contributed by atoms with Gasteiger partial charge >= 0.3 is 6.36 Å². The van der Waals surface area contributed by atoms with Crippen molar-refractivity contribution in [3.05, 3.63) is 89.0 Å². The van der Waals surface area contributed by atoms with Gasteiger partial charge in [0.15, 0.2) is 5.17 Å². The van der Waals surface area contributed by atoms with Gasteiger partial charge in [0.25, 0.3) is 0 Å². The molecule has 3 aromatic carbocycles. The lowest BCUT2D eigenvalue weighted by atomic mass is 10.1. The summed E-state index contributed by atoms with van der Waals surface area (Å²) in [6.07, 6.45) is -1.38. The van der Waals surface area contributed by atoms with Gasteiger partial charge in [-0.1, -0.05) is 42.1 Å². The third-order valence-corrected chi connectivity index (χ3v) is 6.66. The number of nitrogens with two attached hydrogens (primary N) is 1. The third kappa shape index (κ3) is 7.56. The second kappa shape index (κ2) is 12.6. The molecular weight excluding hydrogens is 541 g/mol. The van der Waals surface area contributed by atoms with Crippen molar-refractivity contribution in [1.29, 1.82) is 0 Å². The molecule has 3 N–H and O–H groups in total. The molecule has 0 spiro atoms. The zero-order chi connectivity index (χ0) is 28.7. The summed E-state index contributed by atoms with van der Waals surface area (Å²) in [5, 5.41) is 9.10. The molecule has 1 amide bonds. The number of carbonyl (C=O) groups is 1. The number of rotatable bonds is 7. The molecule has 0 radical (unpaired) electrons. The number of alkyl halides is 3. The molecule has 0 unspecified atom stereocenters. The molecule has 8 nitrogen and oxygen atoms in total. The van der Waals surface area contributed by atoms with Gasteiger partial charge in [0.2, 0.25) is 18.1 Å². The average Bonchev–Trinajstić information content (AvgIpc) is 2.90. The van der Waals surface area contributed by atoms with Crippen LogP contribution in [0.25, 0.3) is 0 Å². The highest BCUT2D eigenvalue weighted by Crippen LogP contribution is 2.31. The highest BCUT2D eigenvalue weighted by molar-refractivity contribution is 8.14. The number of hydrogen-bond donors (Lipinski definition) is 2. The number of aryl methyl sites for hydroxylation is 2. The Balaban J connectivity index is 1.41. The number of amidine groups is 2. The monoisotopic (exact) mass is 567 g/mol. The number of ether oxygens (including phenoxy) is 1. The van der Waals surface area contributed by atoms with Crippen LogP contribution in [0.2, 0.25) is 0 Å². The summed E-state index contributed by atoms with van der Waals surface area (Å²) < 4.78 is 40.6. The van der Waals surface area contributed by atoms with Crippen molar-refractivity contribution in [2.24, 2.45) is 20.9 Å².